The highest BCUT2D eigenvalue weighted by molar-refractivity contribution is 7.99. The van der Waals surface area contributed by atoms with Crippen LogP contribution in [0.1, 0.15) is 0 Å². The monoisotopic (exact) mass is 659 g/mol. The molecule has 1 aliphatic heterocycles. The van der Waals surface area contributed by atoms with Gasteiger partial charge in [-0.25, -0.2) is 0 Å². The van der Waals surface area contributed by atoms with Crippen LogP contribution >= 0.6 is 23.1 Å². The van der Waals surface area contributed by atoms with Crippen molar-refractivity contribution < 1.29 is 0 Å². The molecule has 10 rings (SSSR count). The van der Waals surface area contributed by atoms with E-state index in [1.54, 1.807) is 0 Å². The molecule has 8 aromatic carbocycles. The van der Waals surface area contributed by atoms with E-state index in [2.05, 4.69) is 181 Å². The number of benzene rings is 8. The van der Waals surface area contributed by atoms with Gasteiger partial charge in [-0.1, -0.05) is 139 Å². The van der Waals surface area contributed by atoms with Gasteiger partial charge >= 0.3 is 0 Å². The lowest BCUT2D eigenvalue weighted by Gasteiger charge is -2.34. The summed E-state index contributed by atoms with van der Waals surface area (Å²) < 4.78 is 2.66. The van der Waals surface area contributed by atoms with Gasteiger partial charge in [-0.2, -0.15) is 0 Å². The molecule has 2 heterocycles. The summed E-state index contributed by atoms with van der Waals surface area (Å²) in [6.07, 6.45) is 0. The summed E-state index contributed by atoms with van der Waals surface area (Å²) in [6.45, 7) is 0. The normalized spacial score (nSPS) is 12.4. The van der Waals surface area contributed by atoms with Gasteiger partial charge in [0.1, 0.15) is 0 Å². The van der Waals surface area contributed by atoms with Crippen LogP contribution in [-0.2, 0) is 0 Å². The predicted octanol–water partition coefficient (Wildman–Crippen LogP) is 14.1. The van der Waals surface area contributed by atoms with Crippen molar-refractivity contribution >= 4 is 71.1 Å². The molecule has 0 amide bonds. The fourth-order valence-corrected chi connectivity index (χ4v) is 9.54. The van der Waals surface area contributed by atoms with E-state index in [4.69, 9.17) is 0 Å². The van der Waals surface area contributed by atoms with Crippen molar-refractivity contribution in [2.75, 3.05) is 4.90 Å². The van der Waals surface area contributed by atoms with Crippen LogP contribution in [0.2, 0.25) is 0 Å². The first-order valence-corrected chi connectivity index (χ1v) is 18.2. The Morgan fingerprint density at radius 1 is 0.327 bits per heavy atom. The van der Waals surface area contributed by atoms with Crippen molar-refractivity contribution in [3.63, 3.8) is 0 Å². The number of hydrogen-bond acceptors (Lipinski definition) is 3. The number of anilines is 3. The summed E-state index contributed by atoms with van der Waals surface area (Å²) in [6, 6.07) is 64.5. The zero-order chi connectivity index (χ0) is 32.3. The summed E-state index contributed by atoms with van der Waals surface area (Å²) in [5, 5.41) is 5.14. The average molecular weight is 660 g/mol. The lowest BCUT2D eigenvalue weighted by molar-refractivity contribution is 1.17. The molecule has 1 nitrogen and oxygen atoms in total. The van der Waals surface area contributed by atoms with Crippen molar-refractivity contribution in [2.24, 2.45) is 0 Å². The number of thiophene rings is 1. The smallest absolute Gasteiger partial charge is 0.0602 e. The molecule has 9 aromatic rings. The third kappa shape index (κ3) is 4.77. The van der Waals surface area contributed by atoms with Crippen LogP contribution in [-0.4, -0.2) is 0 Å². The molecule has 49 heavy (non-hydrogen) atoms. The first-order valence-electron chi connectivity index (χ1n) is 16.6. The van der Waals surface area contributed by atoms with Crippen LogP contribution in [0.4, 0.5) is 17.1 Å². The average Bonchev–Trinajstić information content (AvgIpc) is 3.55. The van der Waals surface area contributed by atoms with Gasteiger partial charge in [0.25, 0.3) is 0 Å². The minimum Gasteiger partial charge on any atom is -0.308 e. The molecule has 0 saturated carbocycles. The zero-order valence-electron chi connectivity index (χ0n) is 26.5. The second kappa shape index (κ2) is 11.5. The van der Waals surface area contributed by atoms with Gasteiger partial charge in [0.15, 0.2) is 0 Å². The number of fused-ring (bicyclic) bond motifs is 6. The fraction of sp³-hybridized carbons (Fsp3) is 0. The van der Waals surface area contributed by atoms with E-state index >= 15 is 0 Å². The SMILES string of the molecule is c1ccc(-c2ccc3c(c2)Sc2cc(-c4ccccc4)ccc2N3c2ccc(-c3ccc4sc5ccccc5c4c3)c3ccccc23)cc1. The highest BCUT2D eigenvalue weighted by Crippen LogP contribution is 2.54. The lowest BCUT2D eigenvalue weighted by Crippen LogP contribution is -2.15. The van der Waals surface area contributed by atoms with Gasteiger partial charge in [0, 0.05) is 35.3 Å². The Bertz CT molecular complexity index is 2600. The maximum Gasteiger partial charge on any atom is 0.0602 e. The molecular weight excluding hydrogens is 631 g/mol. The third-order valence-corrected chi connectivity index (χ3v) is 11.9. The lowest BCUT2D eigenvalue weighted by atomic mass is 9.95. The number of nitrogens with zero attached hydrogens (tertiary/aromatic N) is 1. The van der Waals surface area contributed by atoms with Crippen molar-refractivity contribution in [3.8, 4) is 33.4 Å². The van der Waals surface area contributed by atoms with E-state index in [0.29, 0.717) is 0 Å². The molecule has 0 bridgehead atoms. The van der Waals surface area contributed by atoms with Crippen LogP contribution in [0, 0.1) is 0 Å². The molecule has 0 fully saturated rings. The molecule has 0 saturated heterocycles. The van der Waals surface area contributed by atoms with Gasteiger partial charge in [-0.3, -0.25) is 0 Å². The summed E-state index contributed by atoms with van der Waals surface area (Å²) in [5.41, 5.74) is 11.0. The molecule has 0 N–H and O–H groups in total. The van der Waals surface area contributed by atoms with E-state index in [0.717, 1.165) is 0 Å². The second-order valence-corrected chi connectivity index (χ2v) is 14.7. The van der Waals surface area contributed by atoms with Crippen molar-refractivity contribution in [3.05, 3.63) is 176 Å². The molecule has 0 aliphatic carbocycles. The molecule has 1 aliphatic rings. The van der Waals surface area contributed by atoms with Crippen LogP contribution < -0.4 is 4.90 Å². The largest absolute Gasteiger partial charge is 0.308 e. The topological polar surface area (TPSA) is 3.24 Å². The minimum atomic E-state index is 1.18. The van der Waals surface area contributed by atoms with Crippen molar-refractivity contribution in [2.45, 2.75) is 9.79 Å². The summed E-state index contributed by atoms with van der Waals surface area (Å²) in [7, 11) is 0. The van der Waals surface area contributed by atoms with Crippen LogP contribution in [0.15, 0.2) is 186 Å². The van der Waals surface area contributed by atoms with Gasteiger partial charge in [0.2, 0.25) is 0 Å². The van der Waals surface area contributed by atoms with E-state index < -0.39 is 0 Å². The summed E-state index contributed by atoms with van der Waals surface area (Å²) in [5.74, 6) is 0. The Morgan fingerprint density at radius 3 is 1.53 bits per heavy atom. The molecule has 0 radical (unpaired) electrons. The quantitative estimate of drug-likeness (QED) is 0.185. The Labute approximate surface area is 293 Å². The predicted molar refractivity (Wildman–Crippen MR) is 212 cm³/mol. The molecule has 0 spiro atoms. The molecular formula is C46H29NS2. The Hall–Kier alpha value is -5.61. The Morgan fingerprint density at radius 2 is 0.857 bits per heavy atom. The van der Waals surface area contributed by atoms with E-state index in [1.165, 1.54) is 91.2 Å². The van der Waals surface area contributed by atoms with E-state index in [1.807, 2.05) is 23.1 Å². The van der Waals surface area contributed by atoms with Crippen LogP contribution in [0.3, 0.4) is 0 Å². The van der Waals surface area contributed by atoms with Gasteiger partial charge in [-0.15, -0.1) is 11.3 Å². The van der Waals surface area contributed by atoms with Crippen molar-refractivity contribution in [1.29, 1.82) is 0 Å². The maximum atomic E-state index is 2.48. The highest BCUT2D eigenvalue weighted by atomic mass is 32.2. The van der Waals surface area contributed by atoms with Crippen molar-refractivity contribution in [1.82, 2.24) is 0 Å². The van der Waals surface area contributed by atoms with Gasteiger partial charge < -0.3 is 4.90 Å². The molecule has 1 aromatic heterocycles. The fourth-order valence-electron chi connectivity index (χ4n) is 7.31. The molecule has 3 heteroatoms. The van der Waals surface area contributed by atoms with E-state index in [9.17, 15) is 0 Å². The third-order valence-electron chi connectivity index (χ3n) is 9.67. The summed E-state index contributed by atoms with van der Waals surface area (Å²) >= 11 is 3.73. The zero-order valence-corrected chi connectivity index (χ0v) is 28.1. The second-order valence-electron chi connectivity index (χ2n) is 12.5. The van der Waals surface area contributed by atoms with Crippen LogP contribution in [0.5, 0.6) is 0 Å². The highest BCUT2D eigenvalue weighted by Gasteiger charge is 2.27. The maximum absolute atomic E-state index is 2.48. The summed E-state index contributed by atoms with van der Waals surface area (Å²) in [4.78, 5) is 4.98. The molecule has 0 atom stereocenters. The molecule has 0 unspecified atom stereocenters. The van der Waals surface area contributed by atoms with Crippen LogP contribution in [0.25, 0.3) is 64.3 Å². The minimum absolute atomic E-state index is 1.18. The number of hydrogen-bond donors (Lipinski definition) is 0. The van der Waals surface area contributed by atoms with Gasteiger partial charge in [-0.05, 0) is 87.3 Å². The first-order chi connectivity index (χ1) is 24.3. The first kappa shape index (κ1) is 28.4. The van der Waals surface area contributed by atoms with Gasteiger partial charge in [0.05, 0.1) is 17.1 Å². The Kier molecular flexibility index (Phi) is 6.68. The Balaban J connectivity index is 1.17. The standard InChI is InChI=1S/C46H29NS2/c1-3-11-30(12-4-1)32-19-23-41-45(28-32)49-46-29-33(31-13-5-2-6-14-31)20-24-42(46)47(41)40-25-22-35(36-15-7-8-16-37(36)40)34-21-26-44-39(27-34)38-17-9-10-18-43(38)48-44/h1-29H. The molecule has 230 valence electrons. The number of rotatable bonds is 4. The van der Waals surface area contributed by atoms with E-state index in [-0.39, 0.29) is 0 Å².